The summed E-state index contributed by atoms with van der Waals surface area (Å²) in [6.07, 6.45) is 1.13. The summed E-state index contributed by atoms with van der Waals surface area (Å²) in [5.41, 5.74) is -6.53. The zero-order valence-electron chi connectivity index (χ0n) is 11.3. The molecule has 0 unspecified atom stereocenters. The van der Waals surface area contributed by atoms with Crippen molar-refractivity contribution in [3.8, 4) is 11.5 Å². The van der Waals surface area contributed by atoms with E-state index in [0.717, 1.165) is 12.3 Å². The third-order valence-electron chi connectivity index (χ3n) is 2.67. The van der Waals surface area contributed by atoms with Gasteiger partial charge in [-0.2, -0.15) is 13.2 Å². The first-order valence-corrected chi connectivity index (χ1v) is 7.77. The van der Waals surface area contributed by atoms with Gasteiger partial charge in [-0.15, -0.1) is 0 Å². The molecule has 0 atom stereocenters. The SMILES string of the molecule is O=[N+]([O-])c1cc(S(=O)(=O)C(F)(F)F)ccc1Oc1ccc(Cl)nc1. The molecule has 0 aliphatic heterocycles. The van der Waals surface area contributed by atoms with Crippen LogP contribution in [0.25, 0.3) is 0 Å². The first kappa shape index (κ1) is 17.9. The first-order chi connectivity index (χ1) is 11.0. The Kier molecular flexibility index (Phi) is 4.67. The molecule has 0 radical (unpaired) electrons. The van der Waals surface area contributed by atoms with Crippen molar-refractivity contribution in [2.75, 3.05) is 0 Å². The van der Waals surface area contributed by atoms with Crippen LogP contribution in [0.3, 0.4) is 0 Å². The van der Waals surface area contributed by atoms with Gasteiger partial charge in [0.05, 0.1) is 16.0 Å². The second-order valence-electron chi connectivity index (χ2n) is 4.25. The van der Waals surface area contributed by atoms with Gasteiger partial charge >= 0.3 is 11.2 Å². The van der Waals surface area contributed by atoms with E-state index in [4.69, 9.17) is 16.3 Å². The molecule has 0 aliphatic rings. The van der Waals surface area contributed by atoms with E-state index >= 15 is 0 Å². The first-order valence-electron chi connectivity index (χ1n) is 5.91. The molecule has 0 fully saturated rings. The molecule has 1 aromatic heterocycles. The Morgan fingerprint density at radius 1 is 1.21 bits per heavy atom. The molecular formula is C12H6ClF3N2O5S. The Labute approximate surface area is 137 Å². The van der Waals surface area contributed by atoms with Gasteiger partial charge in [0.2, 0.25) is 5.75 Å². The van der Waals surface area contributed by atoms with E-state index < -0.39 is 36.6 Å². The van der Waals surface area contributed by atoms with Crippen molar-refractivity contribution in [1.82, 2.24) is 4.98 Å². The average Bonchev–Trinajstić information content (AvgIpc) is 2.48. The Morgan fingerprint density at radius 3 is 2.38 bits per heavy atom. The number of hydrogen-bond donors (Lipinski definition) is 0. The summed E-state index contributed by atoms with van der Waals surface area (Å²) in [6, 6.07) is 4.24. The van der Waals surface area contributed by atoms with Crippen molar-refractivity contribution >= 4 is 27.1 Å². The molecule has 128 valence electrons. The summed E-state index contributed by atoms with van der Waals surface area (Å²) in [5.74, 6) is -0.431. The summed E-state index contributed by atoms with van der Waals surface area (Å²) >= 11 is 5.56. The average molecular weight is 383 g/mol. The highest BCUT2D eigenvalue weighted by atomic mass is 35.5. The number of rotatable bonds is 4. The predicted molar refractivity (Wildman–Crippen MR) is 75.7 cm³/mol. The highest BCUT2D eigenvalue weighted by Crippen LogP contribution is 2.37. The van der Waals surface area contributed by atoms with Crippen molar-refractivity contribution in [2.24, 2.45) is 0 Å². The molecule has 1 heterocycles. The molecule has 1 aromatic carbocycles. The van der Waals surface area contributed by atoms with Gasteiger partial charge in [-0.25, -0.2) is 13.4 Å². The molecule has 0 N–H and O–H groups in total. The van der Waals surface area contributed by atoms with Crippen LogP contribution in [0.15, 0.2) is 41.4 Å². The van der Waals surface area contributed by atoms with E-state index in [9.17, 15) is 31.7 Å². The van der Waals surface area contributed by atoms with Crippen LogP contribution in [-0.4, -0.2) is 23.8 Å². The summed E-state index contributed by atoms with van der Waals surface area (Å²) in [7, 11) is -5.72. The monoisotopic (exact) mass is 382 g/mol. The standard InChI is InChI=1S/C12H6ClF3N2O5S/c13-11-4-1-7(6-17-11)23-10-3-2-8(5-9(10)18(19)20)24(21,22)12(14,15)16/h1-6H. The molecular weight excluding hydrogens is 377 g/mol. The molecule has 0 aliphatic carbocycles. The number of sulfone groups is 1. The zero-order valence-corrected chi connectivity index (χ0v) is 12.9. The number of aromatic nitrogens is 1. The fourth-order valence-electron chi connectivity index (χ4n) is 1.58. The van der Waals surface area contributed by atoms with Crippen molar-refractivity contribution in [1.29, 1.82) is 0 Å². The lowest BCUT2D eigenvalue weighted by molar-refractivity contribution is -0.385. The van der Waals surface area contributed by atoms with Crippen molar-refractivity contribution in [2.45, 2.75) is 10.4 Å². The lowest BCUT2D eigenvalue weighted by Crippen LogP contribution is -2.23. The van der Waals surface area contributed by atoms with E-state index in [2.05, 4.69) is 4.98 Å². The predicted octanol–water partition coefficient (Wildman–Crippen LogP) is 3.73. The second-order valence-corrected chi connectivity index (χ2v) is 6.58. The molecule has 7 nitrogen and oxygen atoms in total. The molecule has 0 spiro atoms. The van der Waals surface area contributed by atoms with E-state index in [0.29, 0.717) is 6.07 Å². The maximum Gasteiger partial charge on any atom is 0.501 e. The summed E-state index contributed by atoms with van der Waals surface area (Å²) in [4.78, 5) is 12.4. The number of nitro groups is 1. The number of nitro benzene ring substituents is 1. The van der Waals surface area contributed by atoms with Gasteiger partial charge in [0.1, 0.15) is 10.9 Å². The van der Waals surface area contributed by atoms with Crippen molar-refractivity contribution in [3.63, 3.8) is 0 Å². The second kappa shape index (κ2) is 6.24. The van der Waals surface area contributed by atoms with Gasteiger partial charge in [-0.1, -0.05) is 11.6 Å². The highest BCUT2D eigenvalue weighted by molar-refractivity contribution is 7.92. The van der Waals surface area contributed by atoms with Gasteiger partial charge in [0.15, 0.2) is 0 Å². The minimum Gasteiger partial charge on any atom is -0.449 e. The van der Waals surface area contributed by atoms with E-state index in [1.807, 2.05) is 0 Å². The lowest BCUT2D eigenvalue weighted by atomic mass is 10.3. The fraction of sp³-hybridized carbons (Fsp3) is 0.0833. The minimum absolute atomic E-state index is 0.0222. The minimum atomic E-state index is -5.72. The van der Waals surface area contributed by atoms with Crippen LogP contribution in [0, 0.1) is 10.1 Å². The normalized spacial score (nSPS) is 12.0. The summed E-state index contributed by atoms with van der Waals surface area (Å²) in [5, 5.41) is 11.1. The van der Waals surface area contributed by atoms with Crippen LogP contribution in [0.5, 0.6) is 11.5 Å². The Bertz CT molecular complexity index is 885. The van der Waals surface area contributed by atoms with E-state index in [1.165, 1.54) is 12.1 Å². The lowest BCUT2D eigenvalue weighted by Gasteiger charge is -2.10. The van der Waals surface area contributed by atoms with Crippen LogP contribution in [-0.2, 0) is 9.84 Å². The fourth-order valence-corrected chi connectivity index (χ4v) is 2.47. The van der Waals surface area contributed by atoms with Crippen LogP contribution in [0.4, 0.5) is 18.9 Å². The largest absolute Gasteiger partial charge is 0.501 e. The number of alkyl halides is 3. The highest BCUT2D eigenvalue weighted by Gasteiger charge is 2.47. The molecule has 24 heavy (non-hydrogen) atoms. The Morgan fingerprint density at radius 2 is 1.88 bits per heavy atom. The maximum atomic E-state index is 12.5. The molecule has 0 saturated heterocycles. The van der Waals surface area contributed by atoms with Gasteiger partial charge < -0.3 is 4.74 Å². The molecule has 0 bridgehead atoms. The van der Waals surface area contributed by atoms with Gasteiger partial charge in [-0.05, 0) is 24.3 Å². The topological polar surface area (TPSA) is 99.4 Å². The number of nitrogens with zero attached hydrogens (tertiary/aromatic N) is 2. The third kappa shape index (κ3) is 3.57. The van der Waals surface area contributed by atoms with Crippen LogP contribution < -0.4 is 4.74 Å². The van der Waals surface area contributed by atoms with Crippen LogP contribution >= 0.6 is 11.6 Å². The van der Waals surface area contributed by atoms with E-state index in [-0.39, 0.29) is 17.0 Å². The van der Waals surface area contributed by atoms with Crippen molar-refractivity contribution < 1.29 is 31.2 Å². The smallest absolute Gasteiger partial charge is 0.449 e. The molecule has 0 saturated carbocycles. The van der Waals surface area contributed by atoms with Crippen LogP contribution in [0.2, 0.25) is 5.15 Å². The summed E-state index contributed by atoms with van der Waals surface area (Å²) < 4.78 is 65.4. The number of benzene rings is 1. The van der Waals surface area contributed by atoms with Gasteiger partial charge in [0.25, 0.3) is 9.84 Å². The quantitative estimate of drug-likeness (QED) is 0.454. The molecule has 0 amide bonds. The number of hydrogen-bond acceptors (Lipinski definition) is 6. The van der Waals surface area contributed by atoms with E-state index in [1.54, 1.807) is 0 Å². The van der Waals surface area contributed by atoms with Crippen molar-refractivity contribution in [3.05, 3.63) is 51.8 Å². The zero-order chi connectivity index (χ0) is 18.1. The molecule has 2 aromatic rings. The number of ether oxygens (including phenoxy) is 1. The Balaban J connectivity index is 2.48. The Hall–Kier alpha value is -2.40. The third-order valence-corrected chi connectivity index (χ3v) is 4.38. The van der Waals surface area contributed by atoms with Gasteiger partial charge in [-0.3, -0.25) is 10.1 Å². The number of halogens is 4. The van der Waals surface area contributed by atoms with Gasteiger partial charge in [0, 0.05) is 6.07 Å². The summed E-state index contributed by atoms with van der Waals surface area (Å²) in [6.45, 7) is 0. The number of pyridine rings is 1. The molecule has 12 heteroatoms. The maximum absolute atomic E-state index is 12.5. The molecule has 2 rings (SSSR count). The van der Waals surface area contributed by atoms with Crippen LogP contribution in [0.1, 0.15) is 0 Å².